The van der Waals surface area contributed by atoms with E-state index >= 15 is 0 Å². The van der Waals surface area contributed by atoms with E-state index in [0.29, 0.717) is 0 Å². The molecule has 3 aromatic carbocycles. The average Bonchev–Trinajstić information content (AvgIpc) is 2.94. The smallest absolute Gasteiger partial charge is 0.0781 e. The molecule has 4 rings (SSSR count). The van der Waals surface area contributed by atoms with Gasteiger partial charge < -0.3 is 4.57 Å². The number of nitrogens with zero attached hydrogens (tertiary/aromatic N) is 1. The van der Waals surface area contributed by atoms with Crippen LogP contribution in [0.4, 0.5) is 0 Å². The summed E-state index contributed by atoms with van der Waals surface area (Å²) >= 11 is 0. The van der Waals surface area contributed by atoms with Crippen molar-refractivity contribution in [3.63, 3.8) is 0 Å². The summed E-state index contributed by atoms with van der Waals surface area (Å²) < 4.78 is 2.39. The summed E-state index contributed by atoms with van der Waals surface area (Å²) in [5.41, 5.74) is 1.34. The molecule has 0 aliphatic rings. The van der Waals surface area contributed by atoms with E-state index in [1.54, 1.807) is 0 Å². The van der Waals surface area contributed by atoms with Crippen molar-refractivity contribution in [1.82, 2.24) is 4.57 Å². The number of benzene rings is 3. The molecule has 4 aromatic rings. The van der Waals surface area contributed by atoms with Crippen LogP contribution in [0.1, 0.15) is 0 Å². The van der Waals surface area contributed by atoms with Crippen molar-refractivity contribution in [3.8, 4) is 0 Å². The predicted molar refractivity (Wildman–Crippen MR) is 104 cm³/mol. The summed E-state index contributed by atoms with van der Waals surface area (Å²) in [6, 6.07) is 30.5. The van der Waals surface area contributed by atoms with Crippen LogP contribution in [-0.2, 0) is 7.05 Å². The second-order valence-electron chi connectivity index (χ2n) is 5.47. The van der Waals surface area contributed by atoms with Crippen LogP contribution in [0.3, 0.4) is 0 Å². The van der Waals surface area contributed by atoms with Crippen LogP contribution in [-0.4, -0.2) is 4.57 Å². The van der Waals surface area contributed by atoms with Crippen LogP contribution in [0.25, 0.3) is 10.6 Å². The second kappa shape index (κ2) is 6.28. The molecule has 0 radical (unpaired) electrons. The topological polar surface area (TPSA) is 4.93 Å². The molecule has 3 heteroatoms. The van der Waals surface area contributed by atoms with Gasteiger partial charge in [-0.3, -0.25) is 0 Å². The van der Waals surface area contributed by atoms with E-state index in [1.165, 1.54) is 34.6 Å². The third-order valence-electron chi connectivity index (χ3n) is 3.99. The van der Waals surface area contributed by atoms with Crippen LogP contribution in [0.2, 0.25) is 0 Å². The Hall–Kier alpha value is -1.94. The van der Waals surface area contributed by atoms with Crippen molar-refractivity contribution in [2.75, 3.05) is 0 Å². The molecule has 112 valence electrons. The fourth-order valence-electron chi connectivity index (χ4n) is 2.87. The third kappa shape index (κ3) is 2.72. The molecule has 1 nitrogen and oxygen atoms in total. The molecule has 1 heterocycles. The zero-order valence-corrected chi connectivity index (χ0v) is 14.7. The number of aromatic nitrogens is 1. The molecule has 0 aliphatic heterocycles. The Balaban J connectivity index is 1.96. The zero-order chi connectivity index (χ0) is 15.6. The van der Waals surface area contributed by atoms with Crippen molar-refractivity contribution in [2.24, 2.45) is 7.05 Å². The van der Waals surface area contributed by atoms with Crippen LogP contribution < -0.4 is 15.8 Å². The van der Waals surface area contributed by atoms with Crippen LogP contribution in [0.5, 0.6) is 0 Å². The van der Waals surface area contributed by atoms with Gasteiger partial charge >= 0.3 is 0 Å². The third-order valence-corrected chi connectivity index (χ3v) is 8.34. The lowest BCUT2D eigenvalue weighted by Gasteiger charge is -2.19. The van der Waals surface area contributed by atoms with Crippen molar-refractivity contribution < 1.29 is 0 Å². The van der Waals surface area contributed by atoms with Gasteiger partial charge in [-0.1, -0.05) is 72.8 Å². The second-order valence-corrected chi connectivity index (χ2v) is 9.08. The van der Waals surface area contributed by atoms with E-state index in [4.69, 9.17) is 0 Å². The fraction of sp³-hybridized carbons (Fsp3) is 0.0500. The molecular formula is C20H17NP2. The van der Waals surface area contributed by atoms with Crippen LogP contribution in [0, 0.1) is 0 Å². The lowest BCUT2D eigenvalue weighted by atomic mass is 10.3. The van der Waals surface area contributed by atoms with Gasteiger partial charge in [0.15, 0.2) is 0 Å². The largest absolute Gasteiger partial charge is 0.339 e. The van der Waals surface area contributed by atoms with Gasteiger partial charge in [0.25, 0.3) is 0 Å². The summed E-state index contributed by atoms with van der Waals surface area (Å²) in [5.74, 6) is 0. The first kappa shape index (κ1) is 14.6. The van der Waals surface area contributed by atoms with Gasteiger partial charge in [0.2, 0.25) is 0 Å². The number of para-hydroxylation sites is 1. The van der Waals surface area contributed by atoms with Gasteiger partial charge in [-0.2, -0.15) is 0 Å². The first-order valence-electron chi connectivity index (χ1n) is 7.66. The lowest BCUT2D eigenvalue weighted by Crippen LogP contribution is -2.23. The van der Waals surface area contributed by atoms with Crippen molar-refractivity contribution in [3.05, 3.63) is 84.9 Å². The maximum absolute atomic E-state index is 2.39. The number of rotatable bonds is 3. The van der Waals surface area contributed by atoms with E-state index in [-0.39, 0.29) is 0 Å². The minimum Gasteiger partial charge on any atom is -0.339 e. The highest BCUT2D eigenvalue weighted by atomic mass is 31.1. The highest BCUT2D eigenvalue weighted by Crippen LogP contribution is 2.39. The molecule has 0 saturated heterocycles. The van der Waals surface area contributed by atoms with Crippen molar-refractivity contribution >= 4 is 42.5 Å². The number of hydrogen-bond acceptors (Lipinski definition) is 0. The summed E-state index contributed by atoms with van der Waals surface area (Å²) in [7, 11) is 3.03. The van der Waals surface area contributed by atoms with Gasteiger partial charge in [0.05, 0.1) is 10.7 Å². The molecule has 0 bridgehead atoms. The lowest BCUT2D eigenvalue weighted by molar-refractivity contribution is 1.01. The molecule has 0 amide bonds. The summed E-state index contributed by atoms with van der Waals surface area (Å²) in [5, 5.41) is 5.72. The minimum absolute atomic E-state index is 0.507. The van der Waals surface area contributed by atoms with E-state index in [2.05, 4.69) is 96.5 Å². The summed E-state index contributed by atoms with van der Waals surface area (Å²) in [4.78, 5) is 0. The normalized spacial score (nSPS) is 11.6. The maximum Gasteiger partial charge on any atom is 0.0781 e. The van der Waals surface area contributed by atoms with Crippen molar-refractivity contribution in [1.29, 1.82) is 0 Å². The van der Waals surface area contributed by atoms with Crippen LogP contribution in [0.15, 0.2) is 84.9 Å². The number of hydrogen-bond donors (Lipinski definition) is 0. The fourth-order valence-corrected chi connectivity index (χ4v) is 7.36. The standard InChI is InChI=1S/C20H17NP2/c1-21-18-14-8-9-15-19(18)22-20(21)23(16-10-4-2-5-11-16)17-12-6-3-7-13-17/h2-15H,1H3. The monoisotopic (exact) mass is 333 g/mol. The Labute approximate surface area is 139 Å². The molecule has 0 aliphatic carbocycles. The van der Waals surface area contributed by atoms with E-state index in [1.807, 2.05) is 0 Å². The Bertz CT molecular complexity index is 890. The first-order valence-corrected chi connectivity index (χ1v) is 9.90. The van der Waals surface area contributed by atoms with Crippen molar-refractivity contribution in [2.45, 2.75) is 0 Å². The first-order chi connectivity index (χ1) is 11.3. The molecular weight excluding hydrogens is 316 g/mol. The van der Waals surface area contributed by atoms with E-state index in [9.17, 15) is 0 Å². The molecule has 0 unspecified atom stereocenters. The Kier molecular flexibility index (Phi) is 4.00. The summed E-state index contributed by atoms with van der Waals surface area (Å²) in [6.45, 7) is 0. The number of fused-ring (bicyclic) bond motifs is 1. The Morgan fingerprint density at radius 2 is 1.22 bits per heavy atom. The Morgan fingerprint density at radius 3 is 1.78 bits per heavy atom. The van der Waals surface area contributed by atoms with Gasteiger partial charge in [0, 0.05) is 20.1 Å². The van der Waals surface area contributed by atoms with Gasteiger partial charge in [-0.05, 0) is 30.9 Å². The number of aryl methyl sites for hydroxylation is 1. The maximum atomic E-state index is 2.39. The van der Waals surface area contributed by atoms with Gasteiger partial charge in [-0.25, -0.2) is 0 Å². The highest BCUT2D eigenvalue weighted by Gasteiger charge is 2.20. The molecule has 1 aromatic heterocycles. The minimum atomic E-state index is -0.507. The van der Waals surface area contributed by atoms with E-state index < -0.39 is 7.92 Å². The molecule has 0 fully saturated rings. The molecule has 23 heavy (non-hydrogen) atoms. The molecule has 0 saturated carbocycles. The quantitative estimate of drug-likeness (QED) is 0.486. The highest BCUT2D eigenvalue weighted by molar-refractivity contribution is 7.86. The Morgan fingerprint density at radius 1 is 0.696 bits per heavy atom. The molecule has 0 spiro atoms. The van der Waals surface area contributed by atoms with E-state index in [0.717, 1.165) is 0 Å². The SMILES string of the molecule is Cn1c(P(c2ccccc2)c2ccccc2)pc2ccccc21. The summed E-state index contributed by atoms with van der Waals surface area (Å²) in [6.07, 6.45) is 0. The predicted octanol–water partition coefficient (Wildman–Crippen LogP) is 4.52. The van der Waals surface area contributed by atoms with Gasteiger partial charge in [0.1, 0.15) is 0 Å². The average molecular weight is 333 g/mol. The molecule has 0 N–H and O–H groups in total. The zero-order valence-electron chi connectivity index (χ0n) is 12.9. The molecule has 0 atom stereocenters. The van der Waals surface area contributed by atoms with Crippen LogP contribution >= 0.6 is 16.1 Å². The van der Waals surface area contributed by atoms with Gasteiger partial charge in [-0.15, -0.1) is 0 Å².